The Balaban J connectivity index is 1.61. The largest absolute Gasteiger partial charge is 0.378 e. The van der Waals surface area contributed by atoms with E-state index in [2.05, 4.69) is 49.4 Å². The number of hydrogen-bond donors (Lipinski definition) is 1. The predicted molar refractivity (Wildman–Crippen MR) is 102 cm³/mol. The molecule has 1 aromatic carbocycles. The maximum atomic E-state index is 5.74. The first-order chi connectivity index (χ1) is 12.7. The fourth-order valence-electron chi connectivity index (χ4n) is 3.39. The van der Waals surface area contributed by atoms with Crippen LogP contribution in [0.5, 0.6) is 0 Å². The van der Waals surface area contributed by atoms with E-state index < -0.39 is 0 Å². The average molecular weight is 349 g/mol. The van der Waals surface area contributed by atoms with Crippen LogP contribution in [-0.4, -0.2) is 46.7 Å². The second kappa shape index (κ2) is 7.35. The van der Waals surface area contributed by atoms with Crippen molar-refractivity contribution in [2.24, 2.45) is 0 Å². The second-order valence-electron chi connectivity index (χ2n) is 6.59. The molecule has 6 heteroatoms. The van der Waals surface area contributed by atoms with Crippen LogP contribution in [0.15, 0.2) is 42.6 Å². The number of anilines is 1. The third-order valence-electron chi connectivity index (χ3n) is 4.72. The SMILES string of the molecule is CNc1cc(C)nc([C@@H]2COCCN2Cc2ccc3ncccc3c2)n1. The lowest BCUT2D eigenvalue weighted by Gasteiger charge is -2.34. The third-order valence-corrected chi connectivity index (χ3v) is 4.72. The van der Waals surface area contributed by atoms with Gasteiger partial charge in [-0.2, -0.15) is 0 Å². The lowest BCUT2D eigenvalue weighted by atomic mass is 10.1. The van der Waals surface area contributed by atoms with E-state index >= 15 is 0 Å². The van der Waals surface area contributed by atoms with E-state index in [0.717, 1.165) is 42.5 Å². The van der Waals surface area contributed by atoms with Crippen LogP contribution in [0, 0.1) is 6.92 Å². The topological polar surface area (TPSA) is 63.2 Å². The van der Waals surface area contributed by atoms with E-state index in [1.54, 1.807) is 0 Å². The summed E-state index contributed by atoms with van der Waals surface area (Å²) >= 11 is 0. The number of nitrogens with one attached hydrogen (secondary N) is 1. The molecule has 0 bridgehead atoms. The Morgan fingerprint density at radius 1 is 1.23 bits per heavy atom. The predicted octanol–water partition coefficient (Wildman–Crippen LogP) is 2.95. The number of ether oxygens (including phenoxy) is 1. The molecule has 26 heavy (non-hydrogen) atoms. The van der Waals surface area contributed by atoms with Gasteiger partial charge in [0.05, 0.1) is 24.8 Å². The number of benzene rings is 1. The van der Waals surface area contributed by atoms with Gasteiger partial charge >= 0.3 is 0 Å². The van der Waals surface area contributed by atoms with Gasteiger partial charge in [0.15, 0.2) is 0 Å². The molecule has 1 N–H and O–H groups in total. The zero-order chi connectivity index (χ0) is 17.9. The van der Waals surface area contributed by atoms with Crippen LogP contribution < -0.4 is 5.32 Å². The lowest BCUT2D eigenvalue weighted by molar-refractivity contribution is -0.0159. The molecular formula is C20H23N5O. The van der Waals surface area contributed by atoms with E-state index in [4.69, 9.17) is 4.74 Å². The number of pyridine rings is 1. The molecule has 0 spiro atoms. The van der Waals surface area contributed by atoms with Gasteiger partial charge in [-0.05, 0) is 30.7 Å². The smallest absolute Gasteiger partial charge is 0.150 e. The zero-order valence-corrected chi connectivity index (χ0v) is 15.1. The summed E-state index contributed by atoms with van der Waals surface area (Å²) in [5, 5.41) is 4.28. The second-order valence-corrected chi connectivity index (χ2v) is 6.59. The summed E-state index contributed by atoms with van der Waals surface area (Å²) in [6, 6.07) is 12.5. The Kier molecular flexibility index (Phi) is 4.77. The lowest BCUT2D eigenvalue weighted by Crippen LogP contribution is -2.40. The summed E-state index contributed by atoms with van der Waals surface area (Å²) in [6.45, 7) is 5.04. The van der Waals surface area contributed by atoms with Gasteiger partial charge in [0.25, 0.3) is 0 Å². The van der Waals surface area contributed by atoms with Crippen molar-refractivity contribution in [3.05, 3.63) is 59.7 Å². The van der Waals surface area contributed by atoms with Gasteiger partial charge in [-0.1, -0.05) is 12.1 Å². The van der Waals surface area contributed by atoms with E-state index in [-0.39, 0.29) is 6.04 Å². The van der Waals surface area contributed by atoms with E-state index in [0.29, 0.717) is 6.61 Å². The molecule has 3 heterocycles. The molecule has 3 aromatic rings. The average Bonchev–Trinajstić information content (AvgIpc) is 2.68. The highest BCUT2D eigenvalue weighted by Crippen LogP contribution is 2.25. The molecule has 0 amide bonds. The van der Waals surface area contributed by atoms with Crippen molar-refractivity contribution in [1.82, 2.24) is 19.9 Å². The monoisotopic (exact) mass is 349 g/mol. The van der Waals surface area contributed by atoms with Crippen molar-refractivity contribution in [1.29, 1.82) is 0 Å². The molecule has 1 fully saturated rings. The summed E-state index contributed by atoms with van der Waals surface area (Å²) in [5.74, 6) is 1.66. The molecule has 1 saturated heterocycles. The normalized spacial score (nSPS) is 18.2. The summed E-state index contributed by atoms with van der Waals surface area (Å²) in [6.07, 6.45) is 1.83. The van der Waals surface area contributed by atoms with Crippen LogP contribution in [0.1, 0.15) is 23.1 Å². The molecule has 0 saturated carbocycles. The molecular weight excluding hydrogens is 326 g/mol. The Labute approximate surface area is 153 Å². The Morgan fingerprint density at radius 3 is 3.04 bits per heavy atom. The fraction of sp³-hybridized carbons (Fsp3) is 0.350. The van der Waals surface area contributed by atoms with E-state index in [9.17, 15) is 0 Å². The number of fused-ring (bicyclic) bond motifs is 1. The Bertz CT molecular complexity index is 914. The van der Waals surface area contributed by atoms with Crippen LogP contribution in [0.4, 0.5) is 5.82 Å². The van der Waals surface area contributed by atoms with Crippen molar-refractivity contribution in [2.45, 2.75) is 19.5 Å². The van der Waals surface area contributed by atoms with E-state index in [1.165, 1.54) is 10.9 Å². The van der Waals surface area contributed by atoms with Crippen LogP contribution >= 0.6 is 0 Å². The molecule has 6 nitrogen and oxygen atoms in total. The van der Waals surface area contributed by atoms with Gasteiger partial charge in [0, 0.05) is 43.5 Å². The Hall–Kier alpha value is -2.57. The molecule has 1 aliphatic rings. The van der Waals surface area contributed by atoms with Gasteiger partial charge in [-0.25, -0.2) is 9.97 Å². The number of nitrogens with zero attached hydrogens (tertiary/aromatic N) is 4. The molecule has 4 rings (SSSR count). The molecule has 1 atom stereocenters. The quantitative estimate of drug-likeness (QED) is 0.781. The van der Waals surface area contributed by atoms with Crippen molar-refractivity contribution in [3.63, 3.8) is 0 Å². The number of aromatic nitrogens is 3. The number of hydrogen-bond acceptors (Lipinski definition) is 6. The standard InChI is InChI=1S/C20H23N5O/c1-14-10-19(21-2)24-20(23-14)18-13-26-9-8-25(18)12-15-5-6-17-16(11-15)4-3-7-22-17/h3-7,10-11,18H,8-9,12-13H2,1-2H3,(H,21,23,24)/t18-/m0/s1. The molecule has 2 aromatic heterocycles. The van der Waals surface area contributed by atoms with Gasteiger partial charge in [-0.3, -0.25) is 9.88 Å². The van der Waals surface area contributed by atoms with Gasteiger partial charge in [-0.15, -0.1) is 0 Å². The highest BCUT2D eigenvalue weighted by molar-refractivity contribution is 5.78. The van der Waals surface area contributed by atoms with Gasteiger partial charge in [0.2, 0.25) is 0 Å². The summed E-state index contributed by atoms with van der Waals surface area (Å²) in [7, 11) is 1.88. The number of morpholine rings is 1. The van der Waals surface area contributed by atoms with Crippen molar-refractivity contribution < 1.29 is 4.74 Å². The van der Waals surface area contributed by atoms with Crippen molar-refractivity contribution >= 4 is 16.7 Å². The highest BCUT2D eigenvalue weighted by Gasteiger charge is 2.27. The van der Waals surface area contributed by atoms with Crippen LogP contribution in [0.25, 0.3) is 10.9 Å². The van der Waals surface area contributed by atoms with Crippen molar-refractivity contribution in [3.8, 4) is 0 Å². The maximum absolute atomic E-state index is 5.74. The number of rotatable bonds is 4. The minimum Gasteiger partial charge on any atom is -0.378 e. The number of aryl methyl sites for hydroxylation is 1. The Morgan fingerprint density at radius 2 is 2.15 bits per heavy atom. The molecule has 134 valence electrons. The minimum atomic E-state index is 0.0559. The van der Waals surface area contributed by atoms with Crippen LogP contribution in [0.3, 0.4) is 0 Å². The molecule has 0 unspecified atom stereocenters. The first kappa shape index (κ1) is 16.9. The fourth-order valence-corrected chi connectivity index (χ4v) is 3.39. The van der Waals surface area contributed by atoms with E-state index in [1.807, 2.05) is 32.3 Å². The zero-order valence-electron chi connectivity index (χ0n) is 15.1. The third kappa shape index (κ3) is 3.52. The molecule has 1 aliphatic heterocycles. The van der Waals surface area contributed by atoms with Gasteiger partial charge in [0.1, 0.15) is 11.6 Å². The summed E-state index contributed by atoms with van der Waals surface area (Å²) in [4.78, 5) is 16.1. The van der Waals surface area contributed by atoms with Crippen LogP contribution in [0.2, 0.25) is 0 Å². The summed E-state index contributed by atoms with van der Waals surface area (Å²) in [5.41, 5.74) is 3.25. The highest BCUT2D eigenvalue weighted by atomic mass is 16.5. The minimum absolute atomic E-state index is 0.0559. The van der Waals surface area contributed by atoms with Crippen LogP contribution in [-0.2, 0) is 11.3 Å². The molecule has 0 aliphatic carbocycles. The molecule has 0 radical (unpaired) electrons. The maximum Gasteiger partial charge on any atom is 0.150 e. The first-order valence-corrected chi connectivity index (χ1v) is 8.92. The van der Waals surface area contributed by atoms with Crippen molar-refractivity contribution in [2.75, 3.05) is 32.1 Å². The summed E-state index contributed by atoms with van der Waals surface area (Å²) < 4.78 is 5.74. The first-order valence-electron chi connectivity index (χ1n) is 8.92. The van der Waals surface area contributed by atoms with Gasteiger partial charge < -0.3 is 10.1 Å².